The molecule has 1 saturated heterocycles. The van der Waals surface area contributed by atoms with Crippen LogP contribution in [-0.4, -0.2) is 48.2 Å². The summed E-state index contributed by atoms with van der Waals surface area (Å²) in [5.74, 6) is 1.54. The van der Waals surface area contributed by atoms with Crippen molar-refractivity contribution in [3.8, 4) is 0 Å². The molecule has 0 saturated carbocycles. The predicted molar refractivity (Wildman–Crippen MR) is 86.8 cm³/mol. The number of aryl methyl sites for hydroxylation is 2. The van der Waals surface area contributed by atoms with Gasteiger partial charge in [-0.2, -0.15) is 0 Å². The summed E-state index contributed by atoms with van der Waals surface area (Å²) in [6.07, 6.45) is 3.21. The molecule has 0 radical (unpaired) electrons. The Morgan fingerprint density at radius 3 is 3.08 bits per heavy atom. The van der Waals surface area contributed by atoms with Gasteiger partial charge in [0, 0.05) is 13.1 Å². The molecule has 4 rings (SSSR count). The van der Waals surface area contributed by atoms with Gasteiger partial charge in [0.05, 0.1) is 17.1 Å². The fourth-order valence-electron chi connectivity index (χ4n) is 3.44. The van der Waals surface area contributed by atoms with Crippen molar-refractivity contribution in [2.75, 3.05) is 13.1 Å². The Morgan fingerprint density at radius 1 is 1.33 bits per heavy atom. The molecule has 7 nitrogen and oxygen atoms in total. The number of nitrogens with zero attached hydrogens (tertiary/aromatic N) is 6. The lowest BCUT2D eigenvalue weighted by Crippen LogP contribution is -2.26. The first-order valence-electron chi connectivity index (χ1n) is 8.33. The number of hydrogen-bond acceptors (Lipinski definition) is 5. The van der Waals surface area contributed by atoms with Crippen molar-refractivity contribution in [2.24, 2.45) is 0 Å². The molecule has 0 unspecified atom stereocenters. The minimum Gasteiger partial charge on any atom is -0.341 e. The molecule has 3 aromatic rings. The van der Waals surface area contributed by atoms with E-state index in [4.69, 9.17) is 0 Å². The molecule has 0 bridgehead atoms. The van der Waals surface area contributed by atoms with Gasteiger partial charge >= 0.3 is 0 Å². The van der Waals surface area contributed by atoms with Crippen LogP contribution >= 0.6 is 0 Å². The van der Waals surface area contributed by atoms with Gasteiger partial charge in [-0.3, -0.25) is 4.90 Å². The van der Waals surface area contributed by atoms with Crippen molar-refractivity contribution in [1.82, 2.24) is 35.1 Å². The van der Waals surface area contributed by atoms with Crippen LogP contribution in [0, 0.1) is 12.7 Å². The molecule has 3 heterocycles. The Morgan fingerprint density at radius 2 is 2.25 bits per heavy atom. The van der Waals surface area contributed by atoms with E-state index in [2.05, 4.69) is 30.4 Å². The number of tetrazole rings is 1. The topological polar surface area (TPSA) is 75.5 Å². The SMILES string of the molecule is Cc1nnnn1CCCN1CCC[C@H]1c1nc2ccc(F)cc2[nH]1. The van der Waals surface area contributed by atoms with Crippen molar-refractivity contribution in [3.63, 3.8) is 0 Å². The number of rotatable bonds is 5. The fraction of sp³-hybridized carbons (Fsp3) is 0.500. The average molecular weight is 329 g/mol. The van der Waals surface area contributed by atoms with Gasteiger partial charge in [-0.05, 0) is 61.4 Å². The third-order valence-electron chi connectivity index (χ3n) is 4.67. The minimum atomic E-state index is -0.238. The average Bonchev–Trinajstić information content (AvgIpc) is 3.27. The lowest BCUT2D eigenvalue weighted by Gasteiger charge is -2.22. The second kappa shape index (κ2) is 6.27. The summed E-state index contributed by atoms with van der Waals surface area (Å²) < 4.78 is 15.2. The number of nitrogens with one attached hydrogen (secondary N) is 1. The third kappa shape index (κ3) is 2.89. The van der Waals surface area contributed by atoms with Gasteiger partial charge in [0.2, 0.25) is 0 Å². The van der Waals surface area contributed by atoms with E-state index in [1.165, 1.54) is 12.1 Å². The largest absolute Gasteiger partial charge is 0.341 e. The third-order valence-corrected chi connectivity index (χ3v) is 4.67. The molecule has 24 heavy (non-hydrogen) atoms. The molecule has 8 heteroatoms. The normalized spacial score (nSPS) is 18.7. The highest BCUT2D eigenvalue weighted by Crippen LogP contribution is 2.31. The van der Waals surface area contributed by atoms with E-state index in [9.17, 15) is 4.39 Å². The van der Waals surface area contributed by atoms with Crippen LogP contribution in [0.4, 0.5) is 4.39 Å². The number of likely N-dealkylation sites (tertiary alicyclic amines) is 1. The highest BCUT2D eigenvalue weighted by Gasteiger charge is 2.28. The molecule has 2 aromatic heterocycles. The van der Waals surface area contributed by atoms with Crippen LogP contribution in [0.5, 0.6) is 0 Å². The lowest BCUT2D eigenvalue weighted by molar-refractivity contribution is 0.240. The molecule has 1 fully saturated rings. The highest BCUT2D eigenvalue weighted by atomic mass is 19.1. The molecular formula is C16H20FN7. The second-order valence-electron chi connectivity index (χ2n) is 6.28. The summed E-state index contributed by atoms with van der Waals surface area (Å²) in [5, 5.41) is 11.6. The van der Waals surface area contributed by atoms with E-state index in [-0.39, 0.29) is 11.9 Å². The Hall–Kier alpha value is -2.35. The maximum absolute atomic E-state index is 13.4. The Bertz CT molecular complexity index is 840. The van der Waals surface area contributed by atoms with Gasteiger partial charge < -0.3 is 4.98 Å². The fourth-order valence-corrected chi connectivity index (χ4v) is 3.44. The van der Waals surface area contributed by atoms with Crippen LogP contribution in [0.1, 0.15) is 37.0 Å². The van der Waals surface area contributed by atoms with E-state index >= 15 is 0 Å². The molecule has 0 spiro atoms. The summed E-state index contributed by atoms with van der Waals surface area (Å²) in [7, 11) is 0. The zero-order chi connectivity index (χ0) is 16.5. The van der Waals surface area contributed by atoms with E-state index in [0.717, 1.165) is 61.6 Å². The molecular weight excluding hydrogens is 309 g/mol. The zero-order valence-electron chi connectivity index (χ0n) is 13.6. The van der Waals surface area contributed by atoms with Crippen LogP contribution < -0.4 is 0 Å². The minimum absolute atomic E-state index is 0.238. The molecule has 1 aliphatic heterocycles. The first-order chi connectivity index (χ1) is 11.7. The van der Waals surface area contributed by atoms with Gasteiger partial charge in [0.25, 0.3) is 0 Å². The standard InChI is InChI=1S/C16H20FN7/c1-11-20-21-22-24(11)9-3-8-23-7-2-4-15(23)16-18-13-6-5-12(17)10-14(13)19-16/h5-6,10,15H,2-4,7-9H2,1H3,(H,18,19)/t15-/m0/s1. The predicted octanol–water partition coefficient (Wildman–Crippen LogP) is 2.22. The Labute approximate surface area is 138 Å². The van der Waals surface area contributed by atoms with Crippen molar-refractivity contribution in [2.45, 2.75) is 38.8 Å². The number of halogens is 1. The maximum Gasteiger partial charge on any atom is 0.148 e. The second-order valence-corrected chi connectivity index (χ2v) is 6.28. The van der Waals surface area contributed by atoms with Crippen LogP contribution in [0.15, 0.2) is 18.2 Å². The lowest BCUT2D eigenvalue weighted by atomic mass is 10.2. The molecule has 1 N–H and O–H groups in total. The van der Waals surface area contributed by atoms with Crippen LogP contribution in [0.3, 0.4) is 0 Å². The summed E-state index contributed by atoms with van der Waals surface area (Å²) in [6.45, 7) is 4.75. The first-order valence-corrected chi connectivity index (χ1v) is 8.33. The number of imidazole rings is 1. The van der Waals surface area contributed by atoms with E-state index in [1.807, 2.05) is 11.6 Å². The number of fused-ring (bicyclic) bond motifs is 1. The van der Waals surface area contributed by atoms with E-state index in [1.54, 1.807) is 6.07 Å². The van der Waals surface area contributed by atoms with Gasteiger partial charge in [-0.25, -0.2) is 14.1 Å². The van der Waals surface area contributed by atoms with Crippen LogP contribution in [-0.2, 0) is 6.54 Å². The summed E-state index contributed by atoms with van der Waals surface area (Å²) >= 11 is 0. The van der Waals surface area contributed by atoms with Crippen molar-refractivity contribution in [3.05, 3.63) is 35.7 Å². The molecule has 1 aliphatic rings. The summed E-state index contributed by atoms with van der Waals surface area (Å²) in [5.41, 5.74) is 1.59. The van der Waals surface area contributed by atoms with Crippen molar-refractivity contribution < 1.29 is 4.39 Å². The number of hydrogen-bond donors (Lipinski definition) is 1. The van der Waals surface area contributed by atoms with Crippen molar-refractivity contribution >= 4 is 11.0 Å². The molecule has 1 atom stereocenters. The number of benzene rings is 1. The number of H-pyrrole nitrogens is 1. The summed E-state index contributed by atoms with van der Waals surface area (Å²) in [4.78, 5) is 10.4. The summed E-state index contributed by atoms with van der Waals surface area (Å²) in [6, 6.07) is 4.96. The van der Waals surface area contributed by atoms with Crippen molar-refractivity contribution in [1.29, 1.82) is 0 Å². The van der Waals surface area contributed by atoms with Gasteiger partial charge in [-0.15, -0.1) is 5.10 Å². The monoisotopic (exact) mass is 329 g/mol. The van der Waals surface area contributed by atoms with Gasteiger partial charge in [-0.1, -0.05) is 0 Å². The highest BCUT2D eigenvalue weighted by molar-refractivity contribution is 5.75. The van der Waals surface area contributed by atoms with Crippen LogP contribution in [0.25, 0.3) is 11.0 Å². The number of aromatic nitrogens is 6. The molecule has 1 aromatic carbocycles. The Balaban J connectivity index is 1.44. The van der Waals surface area contributed by atoms with Crippen LogP contribution in [0.2, 0.25) is 0 Å². The van der Waals surface area contributed by atoms with Gasteiger partial charge in [0.15, 0.2) is 0 Å². The van der Waals surface area contributed by atoms with E-state index < -0.39 is 0 Å². The molecule has 126 valence electrons. The molecule has 0 amide bonds. The Kier molecular flexibility index (Phi) is 3.97. The maximum atomic E-state index is 13.4. The van der Waals surface area contributed by atoms with E-state index in [0.29, 0.717) is 0 Å². The zero-order valence-corrected chi connectivity index (χ0v) is 13.6. The molecule has 0 aliphatic carbocycles. The number of aromatic amines is 1. The quantitative estimate of drug-likeness (QED) is 0.777. The smallest absolute Gasteiger partial charge is 0.148 e. The van der Waals surface area contributed by atoms with Gasteiger partial charge in [0.1, 0.15) is 17.5 Å². The first kappa shape index (κ1) is 15.2.